The summed E-state index contributed by atoms with van der Waals surface area (Å²) in [5.74, 6) is 0.984. The average Bonchev–Trinajstić information content (AvgIpc) is 3.25. The third-order valence-corrected chi connectivity index (χ3v) is 5.73. The summed E-state index contributed by atoms with van der Waals surface area (Å²) < 4.78 is 10.7. The van der Waals surface area contributed by atoms with Gasteiger partial charge < -0.3 is 19.8 Å². The molecular formula is C24H24N4O3S. The van der Waals surface area contributed by atoms with E-state index in [1.165, 1.54) is 0 Å². The smallest absolute Gasteiger partial charge is 0.251 e. The van der Waals surface area contributed by atoms with Crippen LogP contribution in [0.3, 0.4) is 0 Å². The normalized spacial score (nSPS) is 10.9. The summed E-state index contributed by atoms with van der Waals surface area (Å²) in [7, 11) is 1.62. The number of H-pyrrole nitrogens is 1. The number of nitrogens with one attached hydrogen (secondary N) is 2. The highest BCUT2D eigenvalue weighted by Gasteiger charge is 2.13. The van der Waals surface area contributed by atoms with Crippen LogP contribution < -0.4 is 10.1 Å². The maximum absolute atomic E-state index is 12.9. The molecule has 7 nitrogen and oxygen atoms in total. The van der Waals surface area contributed by atoms with Crippen LogP contribution in [0.5, 0.6) is 5.88 Å². The van der Waals surface area contributed by atoms with E-state index in [0.29, 0.717) is 37.0 Å². The van der Waals surface area contributed by atoms with Gasteiger partial charge in [-0.15, -0.1) is 0 Å². The molecule has 1 amide bonds. The highest BCUT2D eigenvalue weighted by Crippen LogP contribution is 2.25. The second-order valence-corrected chi connectivity index (χ2v) is 7.96. The van der Waals surface area contributed by atoms with Crippen LogP contribution in [-0.2, 0) is 17.0 Å². The Hall–Kier alpha value is -3.36. The summed E-state index contributed by atoms with van der Waals surface area (Å²) in [5, 5.41) is 3.81. The van der Waals surface area contributed by atoms with Gasteiger partial charge in [0.05, 0.1) is 17.6 Å². The van der Waals surface area contributed by atoms with Gasteiger partial charge in [0.1, 0.15) is 6.61 Å². The van der Waals surface area contributed by atoms with Crippen molar-refractivity contribution in [3.8, 4) is 5.88 Å². The van der Waals surface area contributed by atoms with E-state index >= 15 is 0 Å². The predicted molar refractivity (Wildman–Crippen MR) is 125 cm³/mol. The van der Waals surface area contributed by atoms with E-state index in [1.807, 2.05) is 60.7 Å². The number of carbonyl (C=O) groups is 1. The van der Waals surface area contributed by atoms with Gasteiger partial charge in [-0.3, -0.25) is 4.79 Å². The third kappa shape index (κ3) is 5.46. The van der Waals surface area contributed by atoms with Gasteiger partial charge in [0, 0.05) is 36.7 Å². The van der Waals surface area contributed by atoms with Crippen LogP contribution in [-0.4, -0.2) is 41.2 Å². The van der Waals surface area contributed by atoms with E-state index in [0.717, 1.165) is 27.3 Å². The molecule has 32 heavy (non-hydrogen) atoms. The number of hydrogen-bond acceptors (Lipinski definition) is 6. The number of amides is 1. The lowest BCUT2D eigenvalue weighted by Crippen LogP contribution is -2.24. The number of pyridine rings is 1. The number of benzene rings is 2. The SMILES string of the molecule is COCCOc1ncccc1CNC(=O)c1ccccc1CSc1nc2ccccc2[nH]1. The highest BCUT2D eigenvalue weighted by atomic mass is 32.2. The number of aromatic nitrogens is 3. The van der Waals surface area contributed by atoms with Crippen molar-refractivity contribution in [1.82, 2.24) is 20.3 Å². The topological polar surface area (TPSA) is 89.1 Å². The summed E-state index contributed by atoms with van der Waals surface area (Å²) in [6.45, 7) is 1.19. The lowest BCUT2D eigenvalue weighted by Gasteiger charge is -2.12. The molecule has 2 heterocycles. The molecule has 164 valence electrons. The minimum absolute atomic E-state index is 0.141. The lowest BCUT2D eigenvalue weighted by atomic mass is 10.1. The Kier molecular flexibility index (Phi) is 7.37. The number of imidazole rings is 1. The molecule has 2 aromatic heterocycles. The molecule has 4 aromatic rings. The first-order chi connectivity index (χ1) is 15.7. The second kappa shape index (κ2) is 10.8. The monoisotopic (exact) mass is 448 g/mol. The molecule has 0 saturated carbocycles. The van der Waals surface area contributed by atoms with Crippen LogP contribution >= 0.6 is 11.8 Å². The Morgan fingerprint density at radius 3 is 2.72 bits per heavy atom. The lowest BCUT2D eigenvalue weighted by molar-refractivity contribution is 0.0949. The van der Waals surface area contributed by atoms with Crippen molar-refractivity contribution in [2.45, 2.75) is 17.5 Å². The highest BCUT2D eigenvalue weighted by molar-refractivity contribution is 7.98. The number of rotatable bonds is 10. The molecule has 2 aromatic carbocycles. The molecule has 0 fully saturated rings. The third-order valence-electron chi connectivity index (χ3n) is 4.81. The molecule has 0 aliphatic rings. The zero-order chi connectivity index (χ0) is 22.2. The van der Waals surface area contributed by atoms with E-state index in [2.05, 4.69) is 20.3 Å². The number of methoxy groups -OCH3 is 1. The van der Waals surface area contributed by atoms with Crippen molar-refractivity contribution in [3.63, 3.8) is 0 Å². The van der Waals surface area contributed by atoms with E-state index in [1.54, 1.807) is 25.1 Å². The summed E-state index contributed by atoms with van der Waals surface area (Å²) in [6, 6.07) is 19.2. The van der Waals surface area contributed by atoms with Gasteiger partial charge in [-0.25, -0.2) is 9.97 Å². The van der Waals surface area contributed by atoms with Crippen molar-refractivity contribution in [1.29, 1.82) is 0 Å². The van der Waals surface area contributed by atoms with Crippen molar-refractivity contribution in [2.75, 3.05) is 20.3 Å². The van der Waals surface area contributed by atoms with Crippen molar-refractivity contribution in [2.24, 2.45) is 0 Å². The van der Waals surface area contributed by atoms with Crippen LogP contribution in [0.4, 0.5) is 0 Å². The standard InChI is InChI=1S/C24H24N4O3S/c1-30-13-14-31-23-17(8-6-12-25-23)15-26-22(29)19-9-3-2-7-18(19)16-32-24-27-20-10-4-5-11-21(20)28-24/h2-12H,13-16H2,1H3,(H,26,29)(H,27,28). The predicted octanol–water partition coefficient (Wildman–Crippen LogP) is 4.21. The Morgan fingerprint density at radius 1 is 1.03 bits per heavy atom. The Morgan fingerprint density at radius 2 is 1.84 bits per heavy atom. The maximum Gasteiger partial charge on any atom is 0.251 e. The van der Waals surface area contributed by atoms with Crippen molar-refractivity contribution < 1.29 is 14.3 Å². The fourth-order valence-corrected chi connectivity index (χ4v) is 4.08. The number of carbonyl (C=O) groups excluding carboxylic acids is 1. The molecule has 0 atom stereocenters. The number of para-hydroxylation sites is 2. The Labute approximate surface area is 190 Å². The Balaban J connectivity index is 1.40. The molecular weight excluding hydrogens is 424 g/mol. The average molecular weight is 449 g/mol. The fraction of sp³-hybridized carbons (Fsp3) is 0.208. The molecule has 0 spiro atoms. The number of aromatic amines is 1. The second-order valence-electron chi connectivity index (χ2n) is 7.00. The van der Waals surface area contributed by atoms with Crippen LogP contribution in [0.1, 0.15) is 21.5 Å². The quantitative estimate of drug-likeness (QED) is 0.279. The van der Waals surface area contributed by atoms with E-state index in [4.69, 9.17) is 9.47 Å². The van der Waals surface area contributed by atoms with Gasteiger partial charge in [-0.2, -0.15) is 0 Å². The van der Waals surface area contributed by atoms with E-state index in [9.17, 15) is 4.79 Å². The van der Waals surface area contributed by atoms with Crippen LogP contribution in [0, 0.1) is 0 Å². The van der Waals surface area contributed by atoms with Gasteiger partial charge >= 0.3 is 0 Å². The largest absolute Gasteiger partial charge is 0.475 e. The van der Waals surface area contributed by atoms with Gasteiger partial charge in [-0.1, -0.05) is 48.2 Å². The fourth-order valence-electron chi connectivity index (χ4n) is 3.19. The van der Waals surface area contributed by atoms with Gasteiger partial charge in [0.25, 0.3) is 5.91 Å². The van der Waals surface area contributed by atoms with Crippen LogP contribution in [0.2, 0.25) is 0 Å². The summed E-state index contributed by atoms with van der Waals surface area (Å²) >= 11 is 1.57. The zero-order valence-electron chi connectivity index (χ0n) is 17.7. The minimum atomic E-state index is -0.141. The molecule has 0 aliphatic carbocycles. The molecule has 0 aliphatic heterocycles. The number of thioether (sulfide) groups is 1. The Bertz CT molecular complexity index is 1160. The summed E-state index contributed by atoms with van der Waals surface area (Å²) in [6.07, 6.45) is 1.66. The first-order valence-corrected chi connectivity index (χ1v) is 11.2. The van der Waals surface area contributed by atoms with Crippen molar-refractivity contribution in [3.05, 3.63) is 83.6 Å². The minimum Gasteiger partial charge on any atom is -0.475 e. The number of nitrogens with zero attached hydrogens (tertiary/aromatic N) is 2. The number of ether oxygens (including phenoxy) is 2. The van der Waals surface area contributed by atoms with Crippen molar-refractivity contribution >= 4 is 28.7 Å². The van der Waals surface area contributed by atoms with Crippen LogP contribution in [0.25, 0.3) is 11.0 Å². The first kappa shape index (κ1) is 21.9. The van der Waals surface area contributed by atoms with Crippen LogP contribution in [0.15, 0.2) is 72.0 Å². The van der Waals surface area contributed by atoms with Gasteiger partial charge in [-0.05, 0) is 29.8 Å². The summed E-state index contributed by atoms with van der Waals surface area (Å²) in [4.78, 5) is 25.1. The molecule has 0 radical (unpaired) electrons. The molecule has 0 saturated heterocycles. The zero-order valence-corrected chi connectivity index (χ0v) is 18.5. The number of hydrogen-bond donors (Lipinski definition) is 2. The molecule has 2 N–H and O–H groups in total. The van der Waals surface area contributed by atoms with E-state index < -0.39 is 0 Å². The molecule has 0 unspecified atom stereocenters. The van der Waals surface area contributed by atoms with E-state index in [-0.39, 0.29) is 5.91 Å². The number of fused-ring (bicyclic) bond motifs is 1. The van der Waals surface area contributed by atoms with Gasteiger partial charge in [0.2, 0.25) is 5.88 Å². The molecule has 0 bridgehead atoms. The molecule has 8 heteroatoms. The first-order valence-electron chi connectivity index (χ1n) is 10.2. The summed E-state index contributed by atoms with van der Waals surface area (Å²) in [5.41, 5.74) is 4.33. The van der Waals surface area contributed by atoms with Gasteiger partial charge in [0.15, 0.2) is 5.16 Å². The molecule has 4 rings (SSSR count). The maximum atomic E-state index is 12.9.